The first-order chi connectivity index (χ1) is 11.7. The molecule has 1 fully saturated rings. The minimum atomic E-state index is -0.615. The van der Waals surface area contributed by atoms with Crippen molar-refractivity contribution in [2.75, 3.05) is 6.54 Å². The molecular formula is C18H23N3O3. The number of hydrogen-bond donors (Lipinski definition) is 1. The van der Waals surface area contributed by atoms with E-state index in [2.05, 4.69) is 10.4 Å². The first kappa shape index (κ1) is 16.5. The van der Waals surface area contributed by atoms with E-state index >= 15 is 0 Å². The van der Waals surface area contributed by atoms with E-state index < -0.39 is 5.76 Å². The minimum absolute atomic E-state index is 0.111. The average Bonchev–Trinajstić information content (AvgIpc) is 2.97. The molecule has 0 aliphatic heterocycles. The number of rotatable bonds is 6. The van der Waals surface area contributed by atoms with Crippen LogP contribution in [0.5, 0.6) is 0 Å². The summed E-state index contributed by atoms with van der Waals surface area (Å²) >= 11 is 0. The van der Waals surface area contributed by atoms with E-state index in [0.717, 1.165) is 17.0 Å². The van der Waals surface area contributed by atoms with Crippen LogP contribution in [-0.4, -0.2) is 22.2 Å². The number of nitrogens with one attached hydrogen (secondary N) is 1. The first-order valence-electron chi connectivity index (χ1n) is 8.62. The van der Waals surface area contributed by atoms with E-state index in [1.807, 2.05) is 18.2 Å². The highest BCUT2D eigenvalue weighted by atomic mass is 16.4. The third-order valence-corrected chi connectivity index (χ3v) is 4.52. The lowest BCUT2D eigenvalue weighted by Gasteiger charge is -2.21. The lowest BCUT2D eigenvalue weighted by Crippen LogP contribution is -2.32. The maximum absolute atomic E-state index is 12.0. The molecule has 1 aliphatic rings. The molecule has 1 saturated carbocycles. The van der Waals surface area contributed by atoms with Gasteiger partial charge in [0.05, 0.1) is 0 Å². The molecular weight excluding hydrogens is 306 g/mol. The molecule has 0 saturated heterocycles. The van der Waals surface area contributed by atoms with Gasteiger partial charge in [-0.05, 0) is 24.5 Å². The largest absolute Gasteiger partial charge is 0.437 e. The van der Waals surface area contributed by atoms with Crippen LogP contribution in [0.2, 0.25) is 0 Å². The van der Waals surface area contributed by atoms with Crippen LogP contribution >= 0.6 is 0 Å². The standard InChI is InChI=1S/C18H23N3O3/c22-16(19-12-11-14-7-3-1-4-8-14)13-21-18(23)24-17(20-21)15-9-5-2-6-10-15/h2,5-6,9-10,14H,1,3-4,7-8,11-13H2,(H,19,22). The SMILES string of the molecule is O=C(Cn1nc(-c2ccccc2)oc1=O)NCCC1CCCCC1. The molecule has 0 spiro atoms. The second kappa shape index (κ2) is 7.95. The van der Waals surface area contributed by atoms with Crippen LogP contribution in [0.25, 0.3) is 11.5 Å². The molecule has 1 aliphatic carbocycles. The van der Waals surface area contributed by atoms with Gasteiger partial charge in [-0.15, -0.1) is 5.10 Å². The molecule has 1 aromatic carbocycles. The lowest BCUT2D eigenvalue weighted by molar-refractivity contribution is -0.122. The van der Waals surface area contributed by atoms with Crippen molar-refractivity contribution in [3.63, 3.8) is 0 Å². The smallest absolute Gasteiger partial charge is 0.388 e. The van der Waals surface area contributed by atoms with E-state index in [0.29, 0.717) is 12.1 Å². The van der Waals surface area contributed by atoms with Gasteiger partial charge in [0.15, 0.2) is 0 Å². The number of benzene rings is 1. The Bertz CT molecular complexity index is 715. The van der Waals surface area contributed by atoms with E-state index in [4.69, 9.17) is 4.42 Å². The van der Waals surface area contributed by atoms with Gasteiger partial charge in [-0.25, -0.2) is 4.79 Å². The van der Waals surface area contributed by atoms with E-state index in [1.165, 1.54) is 32.1 Å². The molecule has 0 unspecified atom stereocenters. The summed E-state index contributed by atoms with van der Waals surface area (Å²) in [7, 11) is 0. The molecule has 1 aromatic heterocycles. The fourth-order valence-corrected chi connectivity index (χ4v) is 3.19. The quantitative estimate of drug-likeness (QED) is 0.883. The van der Waals surface area contributed by atoms with Gasteiger partial charge in [-0.2, -0.15) is 4.68 Å². The Morgan fingerprint density at radius 1 is 1.21 bits per heavy atom. The number of carbonyl (C=O) groups excluding carboxylic acids is 1. The minimum Gasteiger partial charge on any atom is -0.388 e. The van der Waals surface area contributed by atoms with Crippen molar-refractivity contribution >= 4 is 5.91 Å². The van der Waals surface area contributed by atoms with Crippen LogP contribution in [0, 0.1) is 5.92 Å². The molecule has 0 radical (unpaired) electrons. The molecule has 0 atom stereocenters. The fraction of sp³-hybridized carbons (Fsp3) is 0.500. The normalized spacial score (nSPS) is 15.3. The molecule has 128 valence electrons. The Labute approximate surface area is 140 Å². The van der Waals surface area contributed by atoms with Crippen molar-refractivity contribution in [1.29, 1.82) is 0 Å². The summed E-state index contributed by atoms with van der Waals surface area (Å²) in [5, 5.41) is 6.97. The summed E-state index contributed by atoms with van der Waals surface area (Å²) in [6.07, 6.45) is 7.47. The third kappa shape index (κ3) is 4.34. The van der Waals surface area contributed by atoms with Crippen LogP contribution in [0.4, 0.5) is 0 Å². The van der Waals surface area contributed by atoms with Crippen molar-refractivity contribution in [2.45, 2.75) is 45.1 Å². The average molecular weight is 329 g/mol. The summed E-state index contributed by atoms with van der Waals surface area (Å²) in [5.41, 5.74) is 0.714. The molecule has 24 heavy (non-hydrogen) atoms. The van der Waals surface area contributed by atoms with Gasteiger partial charge in [0.2, 0.25) is 11.8 Å². The highest BCUT2D eigenvalue weighted by molar-refractivity contribution is 5.75. The number of nitrogens with zero attached hydrogens (tertiary/aromatic N) is 2. The molecule has 6 nitrogen and oxygen atoms in total. The molecule has 1 N–H and O–H groups in total. The number of amides is 1. The van der Waals surface area contributed by atoms with E-state index in [9.17, 15) is 9.59 Å². The topological polar surface area (TPSA) is 77.1 Å². The molecule has 3 rings (SSSR count). The van der Waals surface area contributed by atoms with Crippen molar-refractivity contribution in [3.05, 3.63) is 40.9 Å². The van der Waals surface area contributed by atoms with Crippen LogP contribution in [0.15, 0.2) is 39.5 Å². The summed E-state index contributed by atoms with van der Waals surface area (Å²) < 4.78 is 6.19. The van der Waals surface area contributed by atoms with Gasteiger partial charge in [-0.3, -0.25) is 4.79 Å². The predicted octanol–water partition coefficient (Wildman–Crippen LogP) is 2.59. The van der Waals surface area contributed by atoms with Crippen molar-refractivity contribution in [3.8, 4) is 11.5 Å². The van der Waals surface area contributed by atoms with E-state index in [1.54, 1.807) is 12.1 Å². The van der Waals surface area contributed by atoms with Gasteiger partial charge >= 0.3 is 5.76 Å². The maximum atomic E-state index is 12.0. The summed E-state index contributed by atoms with van der Waals surface area (Å²) in [5.74, 6) is 0.131. The van der Waals surface area contributed by atoms with Crippen molar-refractivity contribution in [1.82, 2.24) is 15.1 Å². The van der Waals surface area contributed by atoms with Crippen LogP contribution < -0.4 is 11.1 Å². The van der Waals surface area contributed by atoms with Gasteiger partial charge in [0.1, 0.15) is 6.54 Å². The Kier molecular flexibility index (Phi) is 5.46. The number of hydrogen-bond acceptors (Lipinski definition) is 4. The molecule has 2 aromatic rings. The van der Waals surface area contributed by atoms with Crippen LogP contribution in [0.3, 0.4) is 0 Å². The highest BCUT2D eigenvalue weighted by Crippen LogP contribution is 2.25. The van der Waals surface area contributed by atoms with Crippen molar-refractivity contribution in [2.24, 2.45) is 5.92 Å². The summed E-state index contributed by atoms with van der Waals surface area (Å²) in [4.78, 5) is 23.8. The van der Waals surface area contributed by atoms with Crippen molar-refractivity contribution < 1.29 is 9.21 Å². The van der Waals surface area contributed by atoms with E-state index in [-0.39, 0.29) is 18.3 Å². The van der Waals surface area contributed by atoms with Gasteiger partial charge < -0.3 is 9.73 Å². The number of aromatic nitrogens is 2. The zero-order valence-corrected chi connectivity index (χ0v) is 13.7. The molecule has 6 heteroatoms. The Morgan fingerprint density at radius 3 is 2.71 bits per heavy atom. The van der Waals surface area contributed by atoms with Crippen LogP contribution in [-0.2, 0) is 11.3 Å². The van der Waals surface area contributed by atoms with Gasteiger partial charge in [-0.1, -0.05) is 50.3 Å². The second-order valence-corrected chi connectivity index (χ2v) is 6.34. The second-order valence-electron chi connectivity index (χ2n) is 6.34. The zero-order valence-electron chi connectivity index (χ0n) is 13.7. The Balaban J connectivity index is 1.51. The summed E-state index contributed by atoms with van der Waals surface area (Å²) in [6, 6.07) is 9.16. The van der Waals surface area contributed by atoms with Crippen LogP contribution in [0.1, 0.15) is 38.5 Å². The monoisotopic (exact) mass is 329 g/mol. The Hall–Kier alpha value is -2.37. The van der Waals surface area contributed by atoms with Gasteiger partial charge in [0, 0.05) is 12.1 Å². The lowest BCUT2D eigenvalue weighted by atomic mass is 9.87. The van der Waals surface area contributed by atoms with Gasteiger partial charge in [0.25, 0.3) is 0 Å². The molecule has 1 heterocycles. The first-order valence-corrected chi connectivity index (χ1v) is 8.62. The predicted molar refractivity (Wildman–Crippen MR) is 90.4 cm³/mol. The number of carbonyl (C=O) groups is 1. The zero-order chi connectivity index (χ0) is 16.8. The molecule has 1 amide bonds. The fourth-order valence-electron chi connectivity index (χ4n) is 3.19. The Morgan fingerprint density at radius 2 is 1.96 bits per heavy atom. The molecule has 0 bridgehead atoms. The summed E-state index contributed by atoms with van der Waals surface area (Å²) in [6.45, 7) is 0.543. The maximum Gasteiger partial charge on any atom is 0.437 e. The third-order valence-electron chi connectivity index (χ3n) is 4.52. The highest BCUT2D eigenvalue weighted by Gasteiger charge is 2.15.